The van der Waals surface area contributed by atoms with Crippen molar-refractivity contribution in [3.63, 3.8) is 0 Å². The van der Waals surface area contributed by atoms with Crippen molar-refractivity contribution in [1.29, 1.82) is 0 Å². The van der Waals surface area contributed by atoms with Crippen molar-refractivity contribution < 1.29 is 32.2 Å². The molecule has 3 N–H and O–H groups in total. The molecule has 1 heterocycles. The number of rotatable bonds is 10. The third-order valence-electron chi connectivity index (χ3n) is 5.73. The van der Waals surface area contributed by atoms with E-state index in [1.54, 1.807) is 6.92 Å². The SMILES string of the molecule is CC[C@H](C)NS(=O)(=O)c1cc(NC(=O)CC(C)(C)C)ccc1Oc1c(C)c(C(=O)O)nn1-c1ccc(F)cc1. The number of benzene rings is 2. The molecule has 0 saturated carbocycles. The van der Waals surface area contributed by atoms with Gasteiger partial charge in [0.2, 0.25) is 21.8 Å². The van der Waals surface area contributed by atoms with E-state index in [9.17, 15) is 27.5 Å². The molecule has 0 aliphatic carbocycles. The van der Waals surface area contributed by atoms with Gasteiger partial charge in [0.25, 0.3) is 0 Å². The van der Waals surface area contributed by atoms with Crippen LogP contribution >= 0.6 is 0 Å². The summed E-state index contributed by atoms with van der Waals surface area (Å²) in [4.78, 5) is 24.1. The Morgan fingerprint density at radius 3 is 2.36 bits per heavy atom. The summed E-state index contributed by atoms with van der Waals surface area (Å²) in [7, 11) is -4.14. The number of sulfonamides is 1. The summed E-state index contributed by atoms with van der Waals surface area (Å²) >= 11 is 0. The van der Waals surface area contributed by atoms with E-state index in [1.165, 1.54) is 49.4 Å². The number of carbonyl (C=O) groups excluding carboxylic acids is 1. The summed E-state index contributed by atoms with van der Waals surface area (Å²) in [6.45, 7) is 10.7. The van der Waals surface area contributed by atoms with Crippen LogP contribution in [0, 0.1) is 18.2 Å². The Hall–Kier alpha value is -3.77. The molecule has 0 bridgehead atoms. The maximum absolute atomic E-state index is 13.5. The first-order chi connectivity index (χ1) is 18.1. The van der Waals surface area contributed by atoms with Gasteiger partial charge in [0.1, 0.15) is 16.5 Å². The van der Waals surface area contributed by atoms with Gasteiger partial charge in [0, 0.05) is 23.7 Å². The third-order valence-corrected chi connectivity index (χ3v) is 7.34. The van der Waals surface area contributed by atoms with Crippen molar-refractivity contribution in [3.8, 4) is 17.3 Å². The molecule has 1 aromatic heterocycles. The maximum Gasteiger partial charge on any atom is 0.356 e. The number of hydrogen-bond donors (Lipinski definition) is 3. The second-order valence-electron chi connectivity index (χ2n) is 10.5. The minimum atomic E-state index is -4.14. The Bertz CT molecular complexity index is 1480. The first-order valence-electron chi connectivity index (χ1n) is 12.3. The predicted molar refractivity (Wildman–Crippen MR) is 145 cm³/mol. The topological polar surface area (TPSA) is 140 Å². The number of nitrogens with one attached hydrogen (secondary N) is 2. The Balaban J connectivity index is 2.14. The summed E-state index contributed by atoms with van der Waals surface area (Å²) in [6, 6.07) is 8.88. The van der Waals surface area contributed by atoms with E-state index in [1.807, 2.05) is 27.7 Å². The van der Waals surface area contributed by atoms with E-state index >= 15 is 0 Å². The zero-order valence-corrected chi connectivity index (χ0v) is 23.5. The van der Waals surface area contributed by atoms with Crippen LogP contribution in [0.25, 0.3) is 5.69 Å². The number of amides is 1. The van der Waals surface area contributed by atoms with E-state index in [2.05, 4.69) is 15.1 Å². The van der Waals surface area contributed by atoms with Gasteiger partial charge in [-0.2, -0.15) is 9.78 Å². The van der Waals surface area contributed by atoms with Crippen LogP contribution in [-0.4, -0.2) is 41.2 Å². The number of aromatic nitrogens is 2. The smallest absolute Gasteiger partial charge is 0.356 e. The van der Waals surface area contributed by atoms with E-state index in [4.69, 9.17) is 4.74 Å². The quantitative estimate of drug-likeness (QED) is 0.307. The monoisotopic (exact) mass is 560 g/mol. The Labute approximate surface area is 227 Å². The Morgan fingerprint density at radius 2 is 1.79 bits per heavy atom. The van der Waals surface area contributed by atoms with Gasteiger partial charge in [0.05, 0.1) is 5.69 Å². The molecule has 3 aromatic rings. The number of anilines is 1. The van der Waals surface area contributed by atoms with Crippen LogP contribution in [0.1, 0.15) is 63.5 Å². The number of carboxylic acids is 1. The van der Waals surface area contributed by atoms with Crippen molar-refractivity contribution in [3.05, 3.63) is 59.5 Å². The van der Waals surface area contributed by atoms with Crippen molar-refractivity contribution >= 4 is 27.6 Å². The Kier molecular flexibility index (Phi) is 8.81. The zero-order valence-electron chi connectivity index (χ0n) is 22.7. The summed E-state index contributed by atoms with van der Waals surface area (Å²) in [5.41, 5.74) is 0.0830. The van der Waals surface area contributed by atoms with Gasteiger partial charge in [-0.05, 0) is 68.1 Å². The van der Waals surface area contributed by atoms with Gasteiger partial charge in [-0.1, -0.05) is 27.7 Å². The van der Waals surface area contributed by atoms with E-state index in [-0.39, 0.29) is 51.2 Å². The normalized spacial score (nSPS) is 12.7. The van der Waals surface area contributed by atoms with Crippen molar-refractivity contribution in [2.24, 2.45) is 5.41 Å². The number of hydrogen-bond acceptors (Lipinski definition) is 6. The largest absolute Gasteiger partial charge is 0.476 e. The Morgan fingerprint density at radius 1 is 1.15 bits per heavy atom. The molecule has 0 fully saturated rings. The molecule has 0 unspecified atom stereocenters. The van der Waals surface area contributed by atoms with Gasteiger partial charge in [0.15, 0.2) is 5.69 Å². The van der Waals surface area contributed by atoms with Crippen molar-refractivity contribution in [2.75, 3.05) is 5.32 Å². The number of carboxylic acid groups (broad SMARTS) is 1. The van der Waals surface area contributed by atoms with Crippen LogP contribution in [0.5, 0.6) is 11.6 Å². The lowest BCUT2D eigenvalue weighted by Gasteiger charge is -2.19. The average molecular weight is 561 g/mol. The zero-order chi connectivity index (χ0) is 29.1. The summed E-state index contributed by atoms with van der Waals surface area (Å²) < 4.78 is 50.1. The molecular weight excluding hydrogens is 527 g/mol. The molecule has 1 atom stereocenters. The number of nitrogens with zero attached hydrogens (tertiary/aromatic N) is 2. The number of carbonyl (C=O) groups is 2. The summed E-state index contributed by atoms with van der Waals surface area (Å²) in [6.07, 6.45) is 0.738. The fraction of sp³-hybridized carbons (Fsp3) is 0.370. The second kappa shape index (κ2) is 11.5. The molecule has 1 amide bonds. The average Bonchev–Trinajstić information content (AvgIpc) is 3.15. The highest BCUT2D eigenvalue weighted by molar-refractivity contribution is 7.89. The van der Waals surface area contributed by atoms with Crippen LogP contribution in [-0.2, 0) is 14.8 Å². The molecule has 12 heteroatoms. The van der Waals surface area contributed by atoms with Crippen LogP contribution in [0.2, 0.25) is 0 Å². The van der Waals surface area contributed by atoms with Gasteiger partial charge in [-0.15, -0.1) is 0 Å². The van der Waals surface area contributed by atoms with Gasteiger partial charge in [-0.25, -0.2) is 22.3 Å². The lowest BCUT2D eigenvalue weighted by Crippen LogP contribution is -2.32. The number of halogens is 1. The third kappa shape index (κ3) is 7.42. The number of ether oxygens (including phenoxy) is 1. The van der Waals surface area contributed by atoms with Crippen molar-refractivity contribution in [1.82, 2.24) is 14.5 Å². The van der Waals surface area contributed by atoms with Crippen LogP contribution in [0.4, 0.5) is 10.1 Å². The fourth-order valence-corrected chi connectivity index (χ4v) is 5.12. The van der Waals surface area contributed by atoms with E-state index in [0.29, 0.717) is 12.1 Å². The maximum atomic E-state index is 13.5. The molecule has 10 nitrogen and oxygen atoms in total. The van der Waals surface area contributed by atoms with Crippen LogP contribution in [0.15, 0.2) is 47.4 Å². The molecule has 210 valence electrons. The van der Waals surface area contributed by atoms with E-state index < -0.39 is 27.9 Å². The molecule has 0 aliphatic rings. The molecule has 0 spiro atoms. The fourth-order valence-electron chi connectivity index (χ4n) is 3.64. The highest BCUT2D eigenvalue weighted by Gasteiger charge is 2.27. The molecule has 0 aliphatic heterocycles. The summed E-state index contributed by atoms with van der Waals surface area (Å²) in [5, 5.41) is 16.5. The molecule has 3 rings (SSSR count). The molecule has 39 heavy (non-hydrogen) atoms. The number of aromatic carboxylic acids is 1. The van der Waals surface area contributed by atoms with Gasteiger partial charge < -0.3 is 15.2 Å². The molecular formula is C27H33FN4O6S. The lowest BCUT2D eigenvalue weighted by molar-refractivity contribution is -0.117. The van der Waals surface area contributed by atoms with Gasteiger partial charge >= 0.3 is 5.97 Å². The minimum Gasteiger partial charge on any atom is -0.476 e. The molecule has 2 aromatic carbocycles. The van der Waals surface area contributed by atoms with E-state index in [0.717, 1.165) is 4.68 Å². The second-order valence-corrected chi connectivity index (χ2v) is 12.1. The summed E-state index contributed by atoms with van der Waals surface area (Å²) in [5.74, 6) is -2.30. The molecule has 0 radical (unpaired) electrons. The highest BCUT2D eigenvalue weighted by Crippen LogP contribution is 2.35. The minimum absolute atomic E-state index is 0.0662. The first-order valence-corrected chi connectivity index (χ1v) is 13.8. The van der Waals surface area contributed by atoms with Crippen LogP contribution in [0.3, 0.4) is 0 Å². The highest BCUT2D eigenvalue weighted by atomic mass is 32.2. The lowest BCUT2D eigenvalue weighted by atomic mass is 9.92. The predicted octanol–water partition coefficient (Wildman–Crippen LogP) is 5.26. The van der Waals surface area contributed by atoms with Crippen molar-refractivity contribution in [2.45, 2.75) is 65.3 Å². The first kappa shape index (κ1) is 29.8. The van der Waals surface area contributed by atoms with Gasteiger partial charge in [-0.3, -0.25) is 4.79 Å². The standard InChI is InChI=1S/C27H33FN4O6S/c1-7-16(2)31-39(36,37)22-14-19(29-23(33)15-27(4,5)6)10-13-21(22)38-25-17(3)24(26(34)35)30-32(25)20-11-8-18(28)9-12-20/h8-14,16,31H,7,15H2,1-6H3,(H,29,33)(H,34,35)/t16-/m0/s1. The van der Waals surface area contributed by atoms with Crippen LogP contribution < -0.4 is 14.8 Å². The molecule has 0 saturated heterocycles.